The number of ketones is 2. The Bertz CT molecular complexity index is 383. The van der Waals surface area contributed by atoms with Crippen LogP contribution >= 0.6 is 0 Å². The van der Waals surface area contributed by atoms with Crippen molar-refractivity contribution >= 4 is 11.6 Å². The summed E-state index contributed by atoms with van der Waals surface area (Å²) in [7, 11) is 0. The minimum absolute atomic E-state index is 0.106. The molecular weight excluding hydrogens is 208 g/mol. The lowest BCUT2D eigenvalue weighted by Gasteiger charge is -2.24. The molecule has 0 heterocycles. The summed E-state index contributed by atoms with van der Waals surface area (Å²) >= 11 is 0. The number of hydrogen-bond donors (Lipinski definition) is 0. The van der Waals surface area contributed by atoms with E-state index in [0.29, 0.717) is 24.4 Å². The molecule has 16 heavy (non-hydrogen) atoms. The Morgan fingerprint density at radius 1 is 1.25 bits per heavy atom. The third-order valence-corrected chi connectivity index (χ3v) is 2.44. The quantitative estimate of drug-likeness (QED) is 0.515. The summed E-state index contributed by atoms with van der Waals surface area (Å²) in [6.45, 7) is 4.49. The second kappa shape index (κ2) is 5.34. The van der Waals surface area contributed by atoms with Gasteiger partial charge in [-0.1, -0.05) is 5.18 Å². The van der Waals surface area contributed by atoms with E-state index < -0.39 is 0 Å². The molecule has 5 nitrogen and oxygen atoms in total. The Labute approximate surface area is 93.8 Å². The van der Waals surface area contributed by atoms with Crippen molar-refractivity contribution < 1.29 is 9.59 Å². The molecule has 1 rings (SSSR count). The van der Waals surface area contributed by atoms with Crippen molar-refractivity contribution in [2.24, 2.45) is 5.18 Å². The second-order valence-corrected chi connectivity index (χ2v) is 3.52. The molecule has 0 aromatic heterocycles. The average Bonchev–Trinajstić information content (AvgIpc) is 2.26. The Morgan fingerprint density at radius 2 is 1.94 bits per heavy atom. The van der Waals surface area contributed by atoms with Crippen LogP contribution in [-0.2, 0) is 9.59 Å². The number of rotatable bonds is 5. The van der Waals surface area contributed by atoms with Gasteiger partial charge in [-0.2, -0.15) is 4.91 Å². The zero-order chi connectivity index (χ0) is 12.1. The maximum Gasteiger partial charge on any atom is 0.202 e. The third-order valence-electron chi connectivity index (χ3n) is 2.44. The highest BCUT2D eigenvalue weighted by Gasteiger charge is 2.21. The van der Waals surface area contributed by atoms with Gasteiger partial charge in [0.05, 0.1) is 12.2 Å². The average molecular weight is 222 g/mol. The Morgan fingerprint density at radius 3 is 2.50 bits per heavy atom. The van der Waals surface area contributed by atoms with Gasteiger partial charge in [0, 0.05) is 24.7 Å². The van der Waals surface area contributed by atoms with Crippen LogP contribution in [0, 0.1) is 4.91 Å². The smallest absolute Gasteiger partial charge is 0.202 e. The maximum absolute atomic E-state index is 11.7. The van der Waals surface area contributed by atoms with Crippen LogP contribution in [0.25, 0.3) is 0 Å². The van der Waals surface area contributed by atoms with E-state index in [1.807, 2.05) is 6.92 Å². The van der Waals surface area contributed by atoms with Gasteiger partial charge in [-0.3, -0.25) is 9.59 Å². The molecule has 0 atom stereocenters. The van der Waals surface area contributed by atoms with Gasteiger partial charge in [0.2, 0.25) is 5.78 Å². The molecule has 86 valence electrons. The Hall–Kier alpha value is -1.78. The minimum Gasteiger partial charge on any atom is -0.367 e. The van der Waals surface area contributed by atoms with Crippen LogP contribution in [0.2, 0.25) is 0 Å². The summed E-state index contributed by atoms with van der Waals surface area (Å²) in [4.78, 5) is 34.8. The molecule has 0 N–H and O–H groups in total. The van der Waals surface area contributed by atoms with Crippen molar-refractivity contribution in [1.29, 1.82) is 0 Å². The van der Waals surface area contributed by atoms with Crippen molar-refractivity contribution in [3.8, 4) is 0 Å². The number of carbonyl (C=O) groups excluding carboxylic acids is 2. The summed E-state index contributed by atoms with van der Waals surface area (Å²) in [6, 6.07) is 0. The number of allylic oxidation sites excluding steroid dienone is 3. The van der Waals surface area contributed by atoms with Gasteiger partial charge in [0.1, 0.15) is 0 Å². The van der Waals surface area contributed by atoms with Crippen LogP contribution in [0.1, 0.15) is 13.8 Å². The minimum atomic E-state index is -0.190. The number of carbonyl (C=O) groups is 2. The molecular formula is C11H14N2O3. The first kappa shape index (κ1) is 12.3. The van der Waals surface area contributed by atoms with Gasteiger partial charge < -0.3 is 4.90 Å². The van der Waals surface area contributed by atoms with Crippen LogP contribution in [0.5, 0.6) is 0 Å². The normalized spacial score (nSPS) is 15.6. The van der Waals surface area contributed by atoms with E-state index in [2.05, 4.69) is 5.18 Å². The van der Waals surface area contributed by atoms with E-state index in [9.17, 15) is 14.5 Å². The zero-order valence-electron chi connectivity index (χ0n) is 9.40. The molecule has 0 amide bonds. The first-order chi connectivity index (χ1) is 7.60. The number of nitroso groups, excluding NO2 is 1. The molecule has 1 aliphatic carbocycles. The molecule has 5 heteroatoms. The van der Waals surface area contributed by atoms with E-state index >= 15 is 0 Å². The summed E-state index contributed by atoms with van der Waals surface area (Å²) < 4.78 is 0. The van der Waals surface area contributed by atoms with Crippen molar-refractivity contribution in [3.05, 3.63) is 28.3 Å². The monoisotopic (exact) mass is 222 g/mol. The first-order valence-electron chi connectivity index (χ1n) is 5.12. The van der Waals surface area contributed by atoms with E-state index in [1.54, 1.807) is 11.8 Å². The van der Waals surface area contributed by atoms with Crippen LogP contribution < -0.4 is 0 Å². The lowest BCUT2D eigenvalue weighted by molar-refractivity contribution is -0.116. The maximum atomic E-state index is 11.7. The molecule has 1 aliphatic rings. The molecule has 0 aromatic carbocycles. The predicted molar refractivity (Wildman–Crippen MR) is 59.8 cm³/mol. The van der Waals surface area contributed by atoms with Crippen molar-refractivity contribution in [2.45, 2.75) is 13.8 Å². The van der Waals surface area contributed by atoms with Crippen LogP contribution in [0.3, 0.4) is 0 Å². The highest BCUT2D eigenvalue weighted by atomic mass is 16.3. The van der Waals surface area contributed by atoms with Crippen LogP contribution in [0.15, 0.2) is 28.6 Å². The summed E-state index contributed by atoms with van der Waals surface area (Å²) in [5.41, 5.74) is 0.792. The molecule has 0 spiro atoms. The lowest BCUT2D eigenvalue weighted by Crippen LogP contribution is -2.31. The third kappa shape index (κ3) is 2.62. The van der Waals surface area contributed by atoms with Crippen molar-refractivity contribution in [2.75, 3.05) is 19.6 Å². The molecule has 0 bridgehead atoms. The lowest BCUT2D eigenvalue weighted by atomic mass is 10.0. The van der Waals surface area contributed by atoms with Crippen LogP contribution in [0.4, 0.5) is 0 Å². The molecule has 0 unspecified atom stereocenters. The molecule has 0 saturated carbocycles. The highest BCUT2D eigenvalue weighted by molar-refractivity contribution is 6.19. The zero-order valence-corrected chi connectivity index (χ0v) is 9.40. The topological polar surface area (TPSA) is 66.8 Å². The van der Waals surface area contributed by atoms with Crippen molar-refractivity contribution in [1.82, 2.24) is 4.90 Å². The SMILES string of the molecule is CCN(CCN=O)C1=CC(=O)C(C)=CC1=O. The number of likely N-dealkylation sites (N-methyl/N-ethyl adjacent to an activating group) is 1. The number of nitrogens with zero attached hydrogens (tertiary/aromatic N) is 2. The summed E-state index contributed by atoms with van der Waals surface area (Å²) in [5, 5.41) is 2.75. The summed E-state index contributed by atoms with van der Waals surface area (Å²) in [6.07, 6.45) is 2.65. The molecule has 0 aliphatic heterocycles. The molecule has 0 saturated heterocycles. The van der Waals surface area contributed by atoms with Crippen LogP contribution in [-0.4, -0.2) is 36.1 Å². The molecule has 0 fully saturated rings. The van der Waals surface area contributed by atoms with Crippen molar-refractivity contribution in [3.63, 3.8) is 0 Å². The van der Waals surface area contributed by atoms with E-state index in [1.165, 1.54) is 12.2 Å². The van der Waals surface area contributed by atoms with Gasteiger partial charge in [-0.15, -0.1) is 0 Å². The Kier molecular flexibility index (Phi) is 4.10. The largest absolute Gasteiger partial charge is 0.367 e. The predicted octanol–water partition coefficient (Wildman–Crippen LogP) is 1.06. The fraction of sp³-hybridized carbons (Fsp3) is 0.455. The van der Waals surface area contributed by atoms with Gasteiger partial charge in [-0.05, 0) is 19.9 Å². The fourth-order valence-corrected chi connectivity index (χ4v) is 1.51. The van der Waals surface area contributed by atoms with E-state index in [-0.39, 0.29) is 18.1 Å². The standard InChI is InChI=1S/C11H14N2O3/c1-3-13(5-4-12-16)9-7-10(14)8(2)6-11(9)15/h6-7H,3-5H2,1-2H3. The molecule has 0 radical (unpaired) electrons. The second-order valence-electron chi connectivity index (χ2n) is 3.52. The van der Waals surface area contributed by atoms with Gasteiger partial charge in [0.25, 0.3) is 0 Å². The van der Waals surface area contributed by atoms with E-state index in [4.69, 9.17) is 0 Å². The molecule has 0 aromatic rings. The number of hydrogen-bond acceptors (Lipinski definition) is 5. The Balaban J connectivity index is 2.86. The van der Waals surface area contributed by atoms with E-state index in [0.717, 1.165) is 0 Å². The van der Waals surface area contributed by atoms with Gasteiger partial charge >= 0.3 is 0 Å². The summed E-state index contributed by atoms with van der Waals surface area (Å²) in [5.74, 6) is -0.350. The van der Waals surface area contributed by atoms with Gasteiger partial charge in [-0.25, -0.2) is 0 Å². The fourth-order valence-electron chi connectivity index (χ4n) is 1.51. The first-order valence-corrected chi connectivity index (χ1v) is 5.12. The highest BCUT2D eigenvalue weighted by Crippen LogP contribution is 2.14. The van der Waals surface area contributed by atoms with Gasteiger partial charge in [0.15, 0.2) is 5.78 Å².